The van der Waals surface area contributed by atoms with Crippen molar-refractivity contribution in [1.29, 1.82) is 0 Å². The van der Waals surface area contributed by atoms with Gasteiger partial charge in [0.1, 0.15) is 0 Å². The van der Waals surface area contributed by atoms with Crippen LogP contribution >= 0.6 is 0 Å². The Morgan fingerprint density at radius 1 is 1.47 bits per heavy atom. The highest BCUT2D eigenvalue weighted by Gasteiger charge is 2.36. The van der Waals surface area contributed by atoms with Crippen molar-refractivity contribution in [3.05, 3.63) is 0 Å². The van der Waals surface area contributed by atoms with Gasteiger partial charge in [-0.15, -0.1) is 0 Å². The summed E-state index contributed by atoms with van der Waals surface area (Å²) in [4.78, 5) is 10.1. The summed E-state index contributed by atoms with van der Waals surface area (Å²) >= 11 is 0. The number of hydrogen-bond donors (Lipinski definition) is 0. The predicted octanol–water partition coefficient (Wildman–Crippen LogP) is 4.04. The lowest BCUT2D eigenvalue weighted by atomic mass is 9.62. The van der Waals surface area contributed by atoms with Crippen LogP contribution in [0.5, 0.6) is 0 Å². The molecule has 0 aromatic carbocycles. The molecular formula is C15H28O2. The summed E-state index contributed by atoms with van der Waals surface area (Å²) < 4.78 is 4.83. The Morgan fingerprint density at radius 2 is 2.18 bits per heavy atom. The van der Waals surface area contributed by atoms with E-state index in [1.165, 1.54) is 32.1 Å². The molecule has 3 unspecified atom stereocenters. The standard InChI is InChI=1S/C15H28O2/c1-12(10-17-11-16)7-8-14-13(2)6-5-9-15(14,3)4/h11-14H,5-10H2,1-4H3. The van der Waals surface area contributed by atoms with Crippen LogP contribution in [-0.4, -0.2) is 13.1 Å². The number of hydrogen-bond acceptors (Lipinski definition) is 2. The Morgan fingerprint density at radius 3 is 2.76 bits per heavy atom. The summed E-state index contributed by atoms with van der Waals surface area (Å²) in [5, 5.41) is 0. The molecule has 1 saturated carbocycles. The van der Waals surface area contributed by atoms with E-state index in [-0.39, 0.29) is 0 Å². The van der Waals surface area contributed by atoms with Crippen molar-refractivity contribution in [3.8, 4) is 0 Å². The van der Waals surface area contributed by atoms with Crippen LogP contribution in [0.15, 0.2) is 0 Å². The van der Waals surface area contributed by atoms with E-state index in [0.29, 0.717) is 24.4 Å². The molecule has 0 heterocycles. The fourth-order valence-electron chi connectivity index (χ4n) is 3.46. The van der Waals surface area contributed by atoms with Gasteiger partial charge in [-0.25, -0.2) is 0 Å². The first-order valence-electron chi connectivity index (χ1n) is 7.02. The number of ether oxygens (including phenoxy) is 1. The van der Waals surface area contributed by atoms with Crippen LogP contribution in [-0.2, 0) is 9.53 Å². The summed E-state index contributed by atoms with van der Waals surface area (Å²) in [6.07, 6.45) is 6.58. The average molecular weight is 240 g/mol. The Hall–Kier alpha value is -0.530. The zero-order valence-electron chi connectivity index (χ0n) is 11.9. The quantitative estimate of drug-likeness (QED) is 0.655. The Balaban J connectivity index is 2.40. The lowest BCUT2D eigenvalue weighted by Crippen LogP contribution is -2.34. The molecule has 1 aliphatic carbocycles. The molecule has 0 saturated heterocycles. The Labute approximate surface area is 106 Å². The van der Waals surface area contributed by atoms with Crippen molar-refractivity contribution in [3.63, 3.8) is 0 Å². The van der Waals surface area contributed by atoms with Crippen molar-refractivity contribution in [2.75, 3.05) is 6.61 Å². The van der Waals surface area contributed by atoms with E-state index in [4.69, 9.17) is 4.74 Å². The molecule has 0 radical (unpaired) electrons. The van der Waals surface area contributed by atoms with Crippen LogP contribution in [0.4, 0.5) is 0 Å². The lowest BCUT2D eigenvalue weighted by Gasteiger charge is -2.43. The molecule has 1 aliphatic rings. The van der Waals surface area contributed by atoms with Crippen molar-refractivity contribution in [1.82, 2.24) is 0 Å². The van der Waals surface area contributed by atoms with Gasteiger partial charge in [-0.1, -0.05) is 40.5 Å². The van der Waals surface area contributed by atoms with Gasteiger partial charge in [-0.05, 0) is 42.4 Å². The third-order valence-corrected chi connectivity index (χ3v) is 4.59. The predicted molar refractivity (Wildman–Crippen MR) is 70.7 cm³/mol. The fraction of sp³-hybridized carbons (Fsp3) is 0.933. The van der Waals surface area contributed by atoms with Gasteiger partial charge < -0.3 is 4.74 Å². The van der Waals surface area contributed by atoms with E-state index >= 15 is 0 Å². The molecule has 0 bridgehead atoms. The highest BCUT2D eigenvalue weighted by molar-refractivity contribution is 5.36. The van der Waals surface area contributed by atoms with Crippen molar-refractivity contribution < 1.29 is 9.53 Å². The van der Waals surface area contributed by atoms with Crippen LogP contribution in [0.2, 0.25) is 0 Å². The van der Waals surface area contributed by atoms with Crippen LogP contribution < -0.4 is 0 Å². The summed E-state index contributed by atoms with van der Waals surface area (Å²) in [6, 6.07) is 0. The maximum Gasteiger partial charge on any atom is 0.293 e. The van der Waals surface area contributed by atoms with Crippen molar-refractivity contribution in [2.24, 2.45) is 23.2 Å². The minimum Gasteiger partial charge on any atom is -0.468 e. The molecule has 0 amide bonds. The van der Waals surface area contributed by atoms with Gasteiger partial charge in [0.25, 0.3) is 6.47 Å². The summed E-state index contributed by atoms with van der Waals surface area (Å²) in [7, 11) is 0. The van der Waals surface area contributed by atoms with E-state index in [1.807, 2.05) is 0 Å². The molecule has 0 spiro atoms. The molecule has 0 aromatic heterocycles. The molecule has 0 aliphatic heterocycles. The van der Waals surface area contributed by atoms with E-state index in [1.54, 1.807) is 0 Å². The minimum absolute atomic E-state index is 0.489. The van der Waals surface area contributed by atoms with Gasteiger partial charge >= 0.3 is 0 Å². The third-order valence-electron chi connectivity index (χ3n) is 4.59. The second kappa shape index (κ2) is 6.42. The van der Waals surface area contributed by atoms with Crippen LogP contribution in [0.1, 0.15) is 59.8 Å². The second-order valence-electron chi connectivity index (χ2n) is 6.58. The third kappa shape index (κ3) is 4.33. The molecular weight excluding hydrogens is 212 g/mol. The molecule has 17 heavy (non-hydrogen) atoms. The van der Waals surface area contributed by atoms with Crippen molar-refractivity contribution in [2.45, 2.75) is 59.8 Å². The van der Waals surface area contributed by atoms with E-state index < -0.39 is 0 Å². The maximum absolute atomic E-state index is 10.1. The van der Waals surface area contributed by atoms with Gasteiger partial charge in [0, 0.05) is 0 Å². The minimum atomic E-state index is 0.489. The molecule has 1 rings (SSSR count). The molecule has 0 N–H and O–H groups in total. The topological polar surface area (TPSA) is 26.3 Å². The summed E-state index contributed by atoms with van der Waals surface area (Å²) in [5.74, 6) is 2.16. The Kier molecular flexibility index (Phi) is 5.48. The normalized spacial score (nSPS) is 29.6. The molecule has 1 fully saturated rings. The number of carbonyl (C=O) groups is 1. The van der Waals surface area contributed by atoms with E-state index in [0.717, 1.165) is 11.8 Å². The molecule has 2 nitrogen and oxygen atoms in total. The van der Waals surface area contributed by atoms with Gasteiger partial charge in [-0.3, -0.25) is 4.79 Å². The maximum atomic E-state index is 10.1. The fourth-order valence-corrected chi connectivity index (χ4v) is 3.46. The number of carbonyl (C=O) groups excluding carboxylic acids is 1. The van der Waals surface area contributed by atoms with Crippen molar-refractivity contribution >= 4 is 6.47 Å². The first-order chi connectivity index (χ1) is 7.97. The van der Waals surface area contributed by atoms with Gasteiger partial charge in [0.05, 0.1) is 6.61 Å². The first-order valence-corrected chi connectivity index (χ1v) is 7.02. The summed E-state index contributed by atoms with van der Waals surface area (Å²) in [5.41, 5.74) is 0.489. The average Bonchev–Trinajstić information content (AvgIpc) is 2.24. The second-order valence-corrected chi connectivity index (χ2v) is 6.58. The highest BCUT2D eigenvalue weighted by atomic mass is 16.5. The molecule has 100 valence electrons. The van der Waals surface area contributed by atoms with Gasteiger partial charge in [-0.2, -0.15) is 0 Å². The zero-order valence-corrected chi connectivity index (χ0v) is 11.9. The molecule has 0 aromatic rings. The van der Waals surface area contributed by atoms with Gasteiger partial charge in [0.15, 0.2) is 0 Å². The van der Waals surface area contributed by atoms with Gasteiger partial charge in [0.2, 0.25) is 0 Å². The van der Waals surface area contributed by atoms with E-state index in [9.17, 15) is 4.79 Å². The molecule has 2 heteroatoms. The van der Waals surface area contributed by atoms with E-state index in [2.05, 4.69) is 27.7 Å². The lowest BCUT2D eigenvalue weighted by molar-refractivity contribution is -0.129. The van der Waals surface area contributed by atoms with Crippen LogP contribution in [0, 0.1) is 23.2 Å². The summed E-state index contributed by atoms with van der Waals surface area (Å²) in [6.45, 7) is 10.5. The highest BCUT2D eigenvalue weighted by Crippen LogP contribution is 2.46. The smallest absolute Gasteiger partial charge is 0.293 e. The SMILES string of the molecule is CC(CCC1C(C)CCCC1(C)C)COC=O. The number of rotatable bonds is 6. The van der Waals surface area contributed by atoms with Crippen LogP contribution in [0.3, 0.4) is 0 Å². The molecule has 3 atom stereocenters. The zero-order chi connectivity index (χ0) is 12.9. The monoisotopic (exact) mass is 240 g/mol. The first kappa shape index (κ1) is 14.5. The van der Waals surface area contributed by atoms with Crippen LogP contribution in [0.25, 0.3) is 0 Å². The Bertz CT molecular complexity index is 235. The largest absolute Gasteiger partial charge is 0.468 e.